The lowest BCUT2D eigenvalue weighted by Crippen LogP contribution is -2.34. The van der Waals surface area contributed by atoms with Crippen LogP contribution >= 0.6 is 0 Å². The molecule has 0 saturated carbocycles. The maximum Gasteiger partial charge on any atom is 0.401 e. The highest BCUT2D eigenvalue weighted by Crippen LogP contribution is 2.19. The van der Waals surface area contributed by atoms with Crippen molar-refractivity contribution in [2.24, 2.45) is 0 Å². The first kappa shape index (κ1) is 17.5. The Morgan fingerprint density at radius 2 is 2.10 bits per heavy atom. The van der Waals surface area contributed by atoms with Crippen LogP contribution in [0.5, 0.6) is 0 Å². The molecule has 0 aliphatic carbocycles. The van der Waals surface area contributed by atoms with Gasteiger partial charge >= 0.3 is 6.18 Å². The SMILES string of the molecule is CC(=O)Nc1cccc(CN(CCCO)CC(F)(F)F)c1. The summed E-state index contributed by atoms with van der Waals surface area (Å²) in [4.78, 5) is 12.2. The lowest BCUT2D eigenvalue weighted by Gasteiger charge is -2.23. The quantitative estimate of drug-likeness (QED) is 0.813. The second kappa shape index (κ2) is 7.99. The summed E-state index contributed by atoms with van der Waals surface area (Å²) in [6, 6.07) is 6.70. The molecule has 2 N–H and O–H groups in total. The van der Waals surface area contributed by atoms with Crippen molar-refractivity contribution in [3.8, 4) is 0 Å². The summed E-state index contributed by atoms with van der Waals surface area (Å²) < 4.78 is 37.6. The fourth-order valence-electron chi connectivity index (χ4n) is 1.97. The summed E-state index contributed by atoms with van der Waals surface area (Å²) in [5.41, 5.74) is 1.22. The number of rotatable bonds is 7. The van der Waals surface area contributed by atoms with Gasteiger partial charge in [-0.25, -0.2) is 0 Å². The zero-order valence-corrected chi connectivity index (χ0v) is 11.8. The van der Waals surface area contributed by atoms with Crippen molar-refractivity contribution in [2.75, 3.05) is 25.0 Å². The molecule has 4 nitrogen and oxygen atoms in total. The van der Waals surface area contributed by atoms with Gasteiger partial charge in [-0.15, -0.1) is 0 Å². The number of carbonyl (C=O) groups excluding carboxylic acids is 1. The number of benzene rings is 1. The van der Waals surface area contributed by atoms with E-state index in [2.05, 4.69) is 5.32 Å². The minimum atomic E-state index is -4.29. The zero-order valence-electron chi connectivity index (χ0n) is 11.8. The van der Waals surface area contributed by atoms with Crippen LogP contribution in [0.2, 0.25) is 0 Å². The lowest BCUT2D eigenvalue weighted by atomic mass is 10.2. The molecule has 0 unspecified atom stereocenters. The molecule has 21 heavy (non-hydrogen) atoms. The number of halogens is 3. The Labute approximate surface area is 121 Å². The molecule has 1 aromatic rings. The summed E-state index contributed by atoms with van der Waals surface area (Å²) in [6.07, 6.45) is -4.01. The molecule has 0 bridgehead atoms. The van der Waals surface area contributed by atoms with Gasteiger partial charge in [0.15, 0.2) is 0 Å². The van der Waals surface area contributed by atoms with Gasteiger partial charge in [-0.05, 0) is 24.1 Å². The fraction of sp³-hybridized carbons (Fsp3) is 0.500. The number of hydrogen-bond acceptors (Lipinski definition) is 3. The predicted molar refractivity (Wildman–Crippen MR) is 73.8 cm³/mol. The molecule has 1 rings (SSSR count). The van der Waals surface area contributed by atoms with Crippen molar-refractivity contribution in [3.63, 3.8) is 0 Å². The van der Waals surface area contributed by atoms with E-state index in [1.165, 1.54) is 11.8 Å². The molecular weight excluding hydrogens is 285 g/mol. The van der Waals surface area contributed by atoms with E-state index in [1.807, 2.05) is 0 Å². The molecule has 7 heteroatoms. The number of nitrogens with one attached hydrogen (secondary N) is 1. The third kappa shape index (κ3) is 7.67. The van der Waals surface area contributed by atoms with E-state index in [9.17, 15) is 18.0 Å². The Bertz CT molecular complexity index is 464. The van der Waals surface area contributed by atoms with E-state index in [0.29, 0.717) is 11.3 Å². The summed E-state index contributed by atoms with van der Waals surface area (Å²) in [7, 11) is 0. The third-order valence-corrected chi connectivity index (χ3v) is 2.69. The largest absolute Gasteiger partial charge is 0.401 e. The smallest absolute Gasteiger partial charge is 0.396 e. The summed E-state index contributed by atoms with van der Waals surface area (Å²) in [6.45, 7) is 0.439. The maximum absolute atomic E-state index is 12.5. The molecule has 0 aliphatic rings. The Morgan fingerprint density at radius 1 is 1.38 bits per heavy atom. The highest BCUT2D eigenvalue weighted by Gasteiger charge is 2.30. The van der Waals surface area contributed by atoms with Gasteiger partial charge in [-0.3, -0.25) is 9.69 Å². The monoisotopic (exact) mass is 304 g/mol. The van der Waals surface area contributed by atoms with Gasteiger partial charge in [-0.1, -0.05) is 12.1 Å². The number of nitrogens with zero attached hydrogens (tertiary/aromatic N) is 1. The molecule has 0 heterocycles. The van der Waals surface area contributed by atoms with Crippen molar-refractivity contribution in [1.29, 1.82) is 0 Å². The first-order valence-electron chi connectivity index (χ1n) is 6.56. The van der Waals surface area contributed by atoms with E-state index in [1.54, 1.807) is 24.3 Å². The molecule has 0 aliphatic heterocycles. The molecule has 1 aromatic carbocycles. The van der Waals surface area contributed by atoms with E-state index in [4.69, 9.17) is 5.11 Å². The van der Waals surface area contributed by atoms with Crippen LogP contribution in [0.3, 0.4) is 0 Å². The van der Waals surface area contributed by atoms with Gasteiger partial charge in [-0.2, -0.15) is 13.2 Å². The van der Waals surface area contributed by atoms with Gasteiger partial charge in [0.05, 0.1) is 6.54 Å². The van der Waals surface area contributed by atoms with Crippen LogP contribution in [0, 0.1) is 0 Å². The highest BCUT2D eigenvalue weighted by molar-refractivity contribution is 5.88. The van der Waals surface area contributed by atoms with Crippen LogP contribution in [0.15, 0.2) is 24.3 Å². The van der Waals surface area contributed by atoms with Gasteiger partial charge in [0, 0.05) is 32.3 Å². The number of anilines is 1. The number of alkyl halides is 3. The van der Waals surface area contributed by atoms with Crippen molar-refractivity contribution < 1.29 is 23.1 Å². The average Bonchev–Trinajstić information content (AvgIpc) is 2.33. The number of aliphatic hydroxyl groups is 1. The van der Waals surface area contributed by atoms with E-state index in [0.717, 1.165) is 0 Å². The Balaban J connectivity index is 2.74. The van der Waals surface area contributed by atoms with Crippen molar-refractivity contribution in [3.05, 3.63) is 29.8 Å². The Hall–Kier alpha value is -1.60. The maximum atomic E-state index is 12.5. The highest BCUT2D eigenvalue weighted by atomic mass is 19.4. The molecule has 1 amide bonds. The second-order valence-corrected chi connectivity index (χ2v) is 4.78. The minimum absolute atomic E-state index is 0.104. The van der Waals surface area contributed by atoms with Gasteiger partial charge in [0.1, 0.15) is 0 Å². The van der Waals surface area contributed by atoms with Crippen molar-refractivity contribution >= 4 is 11.6 Å². The van der Waals surface area contributed by atoms with Crippen LogP contribution < -0.4 is 5.32 Å². The normalized spacial score (nSPS) is 11.7. The first-order valence-corrected chi connectivity index (χ1v) is 6.56. The van der Waals surface area contributed by atoms with Gasteiger partial charge in [0.25, 0.3) is 0 Å². The minimum Gasteiger partial charge on any atom is -0.396 e. The molecule has 0 saturated heterocycles. The molecule has 118 valence electrons. The van der Waals surface area contributed by atoms with Crippen LogP contribution in [0.4, 0.5) is 18.9 Å². The van der Waals surface area contributed by atoms with Crippen molar-refractivity contribution in [2.45, 2.75) is 26.1 Å². The Morgan fingerprint density at radius 3 is 2.67 bits per heavy atom. The molecular formula is C14H19F3N2O2. The number of hydrogen-bond donors (Lipinski definition) is 2. The van der Waals surface area contributed by atoms with Gasteiger partial charge in [0.2, 0.25) is 5.91 Å². The van der Waals surface area contributed by atoms with Crippen LogP contribution in [-0.4, -0.2) is 41.8 Å². The third-order valence-electron chi connectivity index (χ3n) is 2.69. The summed E-state index contributed by atoms with van der Waals surface area (Å²) >= 11 is 0. The average molecular weight is 304 g/mol. The van der Waals surface area contributed by atoms with Gasteiger partial charge < -0.3 is 10.4 Å². The molecule has 0 spiro atoms. The molecule has 0 atom stereocenters. The zero-order chi connectivity index (χ0) is 15.9. The van der Waals surface area contributed by atoms with Crippen LogP contribution in [-0.2, 0) is 11.3 Å². The number of aliphatic hydroxyl groups excluding tert-OH is 1. The Kier molecular flexibility index (Phi) is 6.64. The molecule has 0 radical (unpaired) electrons. The summed E-state index contributed by atoms with van der Waals surface area (Å²) in [5, 5.41) is 11.4. The molecule has 0 aromatic heterocycles. The van der Waals surface area contributed by atoms with E-state index < -0.39 is 12.7 Å². The van der Waals surface area contributed by atoms with Crippen LogP contribution in [0.25, 0.3) is 0 Å². The number of amides is 1. The summed E-state index contributed by atoms with van der Waals surface area (Å²) in [5.74, 6) is -0.237. The van der Waals surface area contributed by atoms with Crippen LogP contribution in [0.1, 0.15) is 18.9 Å². The topological polar surface area (TPSA) is 52.6 Å². The fourth-order valence-corrected chi connectivity index (χ4v) is 1.97. The second-order valence-electron chi connectivity index (χ2n) is 4.78. The lowest BCUT2D eigenvalue weighted by molar-refractivity contribution is -0.147. The standard InChI is InChI=1S/C14H19F3N2O2/c1-11(21)18-13-5-2-4-12(8-13)9-19(6-3-7-20)10-14(15,16)17/h2,4-5,8,20H,3,6-7,9-10H2,1H3,(H,18,21). The van der Waals surface area contributed by atoms with E-state index in [-0.39, 0.29) is 32.0 Å². The van der Waals surface area contributed by atoms with Crippen molar-refractivity contribution in [1.82, 2.24) is 4.90 Å². The van der Waals surface area contributed by atoms with E-state index >= 15 is 0 Å². The number of carbonyl (C=O) groups is 1. The predicted octanol–water partition coefficient (Wildman–Crippen LogP) is 2.39. The first-order chi connectivity index (χ1) is 9.80. The molecule has 0 fully saturated rings.